The minimum Gasteiger partial charge on any atom is -0.508 e. The summed E-state index contributed by atoms with van der Waals surface area (Å²) in [6, 6.07) is 4.68. The summed E-state index contributed by atoms with van der Waals surface area (Å²) in [5.74, 6) is -1.34. The number of aryl methyl sites for hydroxylation is 1. The summed E-state index contributed by atoms with van der Waals surface area (Å²) in [6.07, 6.45) is 1.33. The Labute approximate surface area is 111 Å². The highest BCUT2D eigenvalue weighted by Crippen LogP contribution is 2.21. The molecule has 2 N–H and O–H groups in total. The number of rotatable bonds is 2. The second kappa shape index (κ2) is 5.30. The highest BCUT2D eigenvalue weighted by Gasteiger charge is 2.28. The summed E-state index contributed by atoms with van der Waals surface area (Å²) in [6.45, 7) is 2.57. The van der Waals surface area contributed by atoms with Crippen LogP contribution in [-0.4, -0.2) is 40.1 Å². The number of hydrogen-bond acceptors (Lipinski definition) is 3. The molecule has 0 saturated carbocycles. The number of aromatic hydroxyl groups is 1. The summed E-state index contributed by atoms with van der Waals surface area (Å²) >= 11 is 0. The number of carboxylic acids is 1. The summed E-state index contributed by atoms with van der Waals surface area (Å²) in [7, 11) is 0. The molecule has 1 amide bonds. The zero-order chi connectivity index (χ0) is 14.0. The van der Waals surface area contributed by atoms with Crippen LogP contribution in [0.2, 0.25) is 0 Å². The van der Waals surface area contributed by atoms with Gasteiger partial charge >= 0.3 is 5.97 Å². The first-order valence-electron chi connectivity index (χ1n) is 6.30. The number of phenols is 1. The van der Waals surface area contributed by atoms with Gasteiger partial charge in [-0.2, -0.15) is 0 Å². The third-order valence-electron chi connectivity index (χ3n) is 3.50. The number of likely N-dealkylation sites (tertiary alicyclic amines) is 1. The van der Waals surface area contributed by atoms with E-state index in [9.17, 15) is 14.7 Å². The molecule has 1 fully saturated rings. The molecule has 1 atom stereocenters. The molecule has 1 heterocycles. The third kappa shape index (κ3) is 2.86. The number of carbonyl (C=O) groups is 2. The predicted octanol–water partition coefficient (Wildman–Crippen LogP) is 1.64. The van der Waals surface area contributed by atoms with Crippen molar-refractivity contribution in [2.75, 3.05) is 13.1 Å². The SMILES string of the molecule is Cc1cc(C(=O)N2CCC[C@H](C(=O)O)C2)ccc1O. The van der Waals surface area contributed by atoms with Crippen molar-refractivity contribution in [3.63, 3.8) is 0 Å². The minimum atomic E-state index is -0.848. The lowest BCUT2D eigenvalue weighted by Gasteiger charge is -2.30. The fourth-order valence-corrected chi connectivity index (χ4v) is 2.33. The molecule has 0 radical (unpaired) electrons. The quantitative estimate of drug-likeness (QED) is 0.850. The number of nitrogens with zero attached hydrogens (tertiary/aromatic N) is 1. The van der Waals surface area contributed by atoms with Crippen molar-refractivity contribution in [2.45, 2.75) is 19.8 Å². The molecule has 5 nitrogen and oxygen atoms in total. The van der Waals surface area contributed by atoms with Crippen LogP contribution >= 0.6 is 0 Å². The van der Waals surface area contributed by atoms with Crippen LogP contribution in [0.25, 0.3) is 0 Å². The number of hydrogen-bond donors (Lipinski definition) is 2. The Morgan fingerprint density at radius 3 is 2.74 bits per heavy atom. The number of carbonyl (C=O) groups excluding carboxylic acids is 1. The second-order valence-corrected chi connectivity index (χ2v) is 4.93. The van der Waals surface area contributed by atoms with E-state index in [4.69, 9.17) is 5.11 Å². The second-order valence-electron chi connectivity index (χ2n) is 4.93. The molecule has 1 aromatic carbocycles. The van der Waals surface area contributed by atoms with Gasteiger partial charge in [-0.3, -0.25) is 9.59 Å². The molecule has 0 aliphatic carbocycles. The average Bonchev–Trinajstić information content (AvgIpc) is 2.41. The largest absolute Gasteiger partial charge is 0.508 e. The van der Waals surface area contributed by atoms with Crippen LogP contribution in [-0.2, 0) is 4.79 Å². The van der Waals surface area contributed by atoms with Crippen LogP contribution in [0.15, 0.2) is 18.2 Å². The normalized spacial score (nSPS) is 19.2. The van der Waals surface area contributed by atoms with Crippen molar-refractivity contribution in [1.82, 2.24) is 4.90 Å². The van der Waals surface area contributed by atoms with Gasteiger partial charge in [-0.05, 0) is 43.5 Å². The molecule has 102 valence electrons. The van der Waals surface area contributed by atoms with E-state index >= 15 is 0 Å². The van der Waals surface area contributed by atoms with Crippen molar-refractivity contribution in [3.8, 4) is 5.75 Å². The first-order valence-corrected chi connectivity index (χ1v) is 6.30. The van der Waals surface area contributed by atoms with E-state index in [1.165, 1.54) is 6.07 Å². The first kappa shape index (κ1) is 13.4. The fourth-order valence-electron chi connectivity index (χ4n) is 2.33. The number of phenolic OH excluding ortho intramolecular Hbond substituents is 1. The summed E-state index contributed by atoms with van der Waals surface area (Å²) in [5, 5.41) is 18.5. The van der Waals surface area contributed by atoms with Gasteiger partial charge in [-0.25, -0.2) is 0 Å². The zero-order valence-corrected chi connectivity index (χ0v) is 10.8. The van der Waals surface area contributed by atoms with E-state index in [2.05, 4.69) is 0 Å². The highest BCUT2D eigenvalue weighted by molar-refractivity contribution is 5.95. The Balaban J connectivity index is 2.14. The molecule has 2 rings (SSSR count). The van der Waals surface area contributed by atoms with Gasteiger partial charge in [0.05, 0.1) is 5.92 Å². The molecule has 1 aliphatic heterocycles. The van der Waals surface area contributed by atoms with Gasteiger partial charge in [0.2, 0.25) is 0 Å². The Morgan fingerprint density at radius 1 is 1.37 bits per heavy atom. The highest BCUT2D eigenvalue weighted by atomic mass is 16.4. The zero-order valence-electron chi connectivity index (χ0n) is 10.8. The monoisotopic (exact) mass is 263 g/mol. The van der Waals surface area contributed by atoms with Gasteiger partial charge < -0.3 is 15.1 Å². The predicted molar refractivity (Wildman–Crippen MR) is 69.1 cm³/mol. The maximum atomic E-state index is 12.3. The number of benzene rings is 1. The minimum absolute atomic E-state index is 0.151. The van der Waals surface area contributed by atoms with Crippen molar-refractivity contribution in [1.29, 1.82) is 0 Å². The van der Waals surface area contributed by atoms with Crippen LogP contribution in [0, 0.1) is 12.8 Å². The average molecular weight is 263 g/mol. The molecular weight excluding hydrogens is 246 g/mol. The number of carboxylic acid groups (broad SMARTS) is 1. The lowest BCUT2D eigenvalue weighted by molar-refractivity contribution is -0.143. The van der Waals surface area contributed by atoms with Gasteiger partial charge in [0.25, 0.3) is 5.91 Å². The third-order valence-corrected chi connectivity index (χ3v) is 3.50. The molecule has 1 saturated heterocycles. The van der Waals surface area contributed by atoms with Crippen molar-refractivity contribution < 1.29 is 19.8 Å². The molecule has 19 heavy (non-hydrogen) atoms. The van der Waals surface area contributed by atoms with Gasteiger partial charge in [-0.15, -0.1) is 0 Å². The van der Waals surface area contributed by atoms with E-state index < -0.39 is 11.9 Å². The van der Waals surface area contributed by atoms with Crippen LogP contribution in [0.5, 0.6) is 5.75 Å². The molecular formula is C14H17NO4. The Morgan fingerprint density at radius 2 is 2.11 bits per heavy atom. The molecule has 0 aromatic heterocycles. The summed E-state index contributed by atoms with van der Waals surface area (Å²) in [5.41, 5.74) is 1.12. The van der Waals surface area contributed by atoms with Gasteiger partial charge in [0.15, 0.2) is 0 Å². The molecule has 0 spiro atoms. The van der Waals surface area contributed by atoms with Crippen molar-refractivity contribution >= 4 is 11.9 Å². The standard InChI is InChI=1S/C14H17NO4/c1-9-7-10(4-5-12(9)16)13(17)15-6-2-3-11(8-15)14(18)19/h4-5,7,11,16H,2-3,6,8H2,1H3,(H,18,19)/t11-/m0/s1. The molecule has 5 heteroatoms. The van der Waals surface area contributed by atoms with E-state index in [-0.39, 0.29) is 18.2 Å². The first-order chi connectivity index (χ1) is 8.99. The fraction of sp³-hybridized carbons (Fsp3) is 0.429. The molecule has 0 unspecified atom stereocenters. The van der Waals surface area contributed by atoms with E-state index in [0.717, 1.165) is 0 Å². The van der Waals surface area contributed by atoms with Crippen LogP contribution in [0.1, 0.15) is 28.8 Å². The lowest BCUT2D eigenvalue weighted by atomic mass is 9.97. The maximum Gasteiger partial charge on any atom is 0.308 e. The lowest BCUT2D eigenvalue weighted by Crippen LogP contribution is -2.42. The maximum absolute atomic E-state index is 12.3. The number of amides is 1. The molecule has 1 aliphatic rings. The van der Waals surface area contributed by atoms with Crippen LogP contribution in [0.4, 0.5) is 0 Å². The van der Waals surface area contributed by atoms with Gasteiger partial charge in [-0.1, -0.05) is 0 Å². The Hall–Kier alpha value is -2.04. The summed E-state index contributed by atoms with van der Waals surface area (Å²) in [4.78, 5) is 24.8. The topological polar surface area (TPSA) is 77.8 Å². The van der Waals surface area contributed by atoms with E-state index in [0.29, 0.717) is 30.5 Å². The van der Waals surface area contributed by atoms with Crippen molar-refractivity contribution in [3.05, 3.63) is 29.3 Å². The van der Waals surface area contributed by atoms with E-state index in [1.54, 1.807) is 24.0 Å². The molecule has 0 bridgehead atoms. The van der Waals surface area contributed by atoms with Gasteiger partial charge in [0, 0.05) is 18.7 Å². The van der Waals surface area contributed by atoms with Crippen LogP contribution < -0.4 is 0 Å². The summed E-state index contributed by atoms with van der Waals surface area (Å²) < 4.78 is 0. The van der Waals surface area contributed by atoms with E-state index in [1.807, 2.05) is 0 Å². The number of piperidine rings is 1. The number of aliphatic carboxylic acids is 1. The van der Waals surface area contributed by atoms with Gasteiger partial charge in [0.1, 0.15) is 5.75 Å². The molecule has 1 aromatic rings. The van der Waals surface area contributed by atoms with Crippen molar-refractivity contribution in [2.24, 2.45) is 5.92 Å². The smallest absolute Gasteiger partial charge is 0.308 e. The Bertz CT molecular complexity index is 512. The van der Waals surface area contributed by atoms with Crippen LogP contribution in [0.3, 0.4) is 0 Å². The Kier molecular flexibility index (Phi) is 3.74.